The van der Waals surface area contributed by atoms with Crippen molar-refractivity contribution in [2.75, 3.05) is 6.54 Å². The molecule has 0 radical (unpaired) electrons. The molecule has 0 amide bonds. The summed E-state index contributed by atoms with van der Waals surface area (Å²) < 4.78 is 0. The van der Waals surface area contributed by atoms with Crippen LogP contribution < -0.4 is 5.73 Å². The molecule has 1 aromatic carbocycles. The standard InChI is InChI=1S/C12H16ClNO/c1-8(2)9-5-10(7-11(13)6-9)12(15)3-4-14/h5-7,12,15H,1,3-4,14H2,2H3. The van der Waals surface area contributed by atoms with Crippen LogP contribution in [0, 0.1) is 0 Å². The number of aliphatic hydroxyl groups excluding tert-OH is 1. The van der Waals surface area contributed by atoms with Crippen LogP contribution in [0.5, 0.6) is 0 Å². The van der Waals surface area contributed by atoms with Gasteiger partial charge in [-0.05, 0) is 49.2 Å². The maximum absolute atomic E-state index is 9.78. The molecule has 0 aromatic heterocycles. The predicted molar refractivity (Wildman–Crippen MR) is 64.8 cm³/mol. The fourth-order valence-electron chi connectivity index (χ4n) is 1.38. The lowest BCUT2D eigenvalue weighted by atomic mass is 10.0. The van der Waals surface area contributed by atoms with E-state index in [0.29, 0.717) is 18.0 Å². The first kappa shape index (κ1) is 12.2. The fraction of sp³-hybridized carbons (Fsp3) is 0.333. The smallest absolute Gasteiger partial charge is 0.0802 e. The highest BCUT2D eigenvalue weighted by Crippen LogP contribution is 2.25. The van der Waals surface area contributed by atoms with Gasteiger partial charge in [-0.1, -0.05) is 23.8 Å². The summed E-state index contributed by atoms with van der Waals surface area (Å²) in [6.45, 7) is 6.21. The summed E-state index contributed by atoms with van der Waals surface area (Å²) in [6.07, 6.45) is -0.0116. The minimum atomic E-state index is -0.549. The highest BCUT2D eigenvalue weighted by Gasteiger charge is 2.08. The molecule has 1 unspecified atom stereocenters. The second kappa shape index (κ2) is 5.31. The maximum atomic E-state index is 9.78. The molecule has 0 aliphatic carbocycles. The minimum absolute atomic E-state index is 0.454. The third-order valence-corrected chi connectivity index (χ3v) is 2.46. The van der Waals surface area contributed by atoms with E-state index in [2.05, 4.69) is 6.58 Å². The zero-order valence-electron chi connectivity index (χ0n) is 8.83. The SMILES string of the molecule is C=C(C)c1cc(Cl)cc(C(O)CCN)c1. The molecular weight excluding hydrogens is 210 g/mol. The highest BCUT2D eigenvalue weighted by molar-refractivity contribution is 6.30. The Hall–Kier alpha value is -0.830. The predicted octanol–water partition coefficient (Wildman–Crippen LogP) is 2.76. The Kier molecular flexibility index (Phi) is 4.33. The molecule has 2 nitrogen and oxygen atoms in total. The quantitative estimate of drug-likeness (QED) is 0.828. The van der Waals surface area contributed by atoms with Gasteiger partial charge in [0.05, 0.1) is 6.10 Å². The first-order valence-corrected chi connectivity index (χ1v) is 5.27. The molecular formula is C12H16ClNO. The van der Waals surface area contributed by atoms with Crippen molar-refractivity contribution in [1.82, 2.24) is 0 Å². The topological polar surface area (TPSA) is 46.2 Å². The van der Waals surface area contributed by atoms with Gasteiger partial charge in [0.2, 0.25) is 0 Å². The molecule has 1 atom stereocenters. The van der Waals surface area contributed by atoms with Crippen molar-refractivity contribution >= 4 is 17.2 Å². The largest absolute Gasteiger partial charge is 0.388 e. The van der Waals surface area contributed by atoms with Crippen LogP contribution in [0.4, 0.5) is 0 Å². The van der Waals surface area contributed by atoms with E-state index in [-0.39, 0.29) is 0 Å². The maximum Gasteiger partial charge on any atom is 0.0802 e. The Bertz CT molecular complexity index is 363. The molecule has 0 aliphatic heterocycles. The second-order valence-electron chi connectivity index (χ2n) is 3.65. The number of rotatable bonds is 4. The Morgan fingerprint density at radius 2 is 2.20 bits per heavy atom. The fourth-order valence-corrected chi connectivity index (χ4v) is 1.62. The first-order valence-electron chi connectivity index (χ1n) is 4.89. The molecule has 1 rings (SSSR count). The third-order valence-electron chi connectivity index (χ3n) is 2.24. The second-order valence-corrected chi connectivity index (χ2v) is 4.08. The lowest BCUT2D eigenvalue weighted by molar-refractivity contribution is 0.170. The third kappa shape index (κ3) is 3.34. The molecule has 0 saturated carbocycles. The number of hydrogen-bond acceptors (Lipinski definition) is 2. The molecule has 3 N–H and O–H groups in total. The van der Waals surface area contributed by atoms with E-state index in [9.17, 15) is 5.11 Å². The van der Waals surface area contributed by atoms with Crippen LogP contribution in [-0.4, -0.2) is 11.7 Å². The zero-order valence-corrected chi connectivity index (χ0v) is 9.59. The average molecular weight is 226 g/mol. The normalized spacial score (nSPS) is 12.5. The Labute approximate surface area is 95.4 Å². The molecule has 0 fully saturated rings. The Balaban J connectivity index is 3.03. The lowest BCUT2D eigenvalue weighted by Gasteiger charge is -2.12. The number of hydrogen-bond donors (Lipinski definition) is 2. The van der Waals surface area contributed by atoms with Crippen LogP contribution in [0.25, 0.3) is 5.57 Å². The molecule has 82 valence electrons. The van der Waals surface area contributed by atoms with Crippen LogP contribution in [0.3, 0.4) is 0 Å². The Morgan fingerprint density at radius 3 is 2.73 bits per heavy atom. The van der Waals surface area contributed by atoms with Crippen LogP contribution in [-0.2, 0) is 0 Å². The number of allylic oxidation sites excluding steroid dienone is 1. The summed E-state index contributed by atoms with van der Waals surface area (Å²) in [5.41, 5.74) is 8.07. The molecule has 0 aliphatic rings. The highest BCUT2D eigenvalue weighted by atomic mass is 35.5. The van der Waals surface area contributed by atoms with Gasteiger partial charge in [-0.25, -0.2) is 0 Å². The van der Waals surface area contributed by atoms with E-state index in [1.807, 2.05) is 19.1 Å². The summed E-state index contributed by atoms with van der Waals surface area (Å²) in [5, 5.41) is 10.4. The van der Waals surface area contributed by atoms with Gasteiger partial charge in [0, 0.05) is 5.02 Å². The van der Waals surface area contributed by atoms with E-state index >= 15 is 0 Å². The van der Waals surface area contributed by atoms with Gasteiger partial charge in [0.15, 0.2) is 0 Å². The molecule has 0 heterocycles. The van der Waals surface area contributed by atoms with E-state index < -0.39 is 6.10 Å². The van der Waals surface area contributed by atoms with Crippen molar-refractivity contribution in [2.45, 2.75) is 19.4 Å². The zero-order chi connectivity index (χ0) is 11.4. The molecule has 0 bridgehead atoms. The minimum Gasteiger partial charge on any atom is -0.388 e. The van der Waals surface area contributed by atoms with Crippen LogP contribution >= 0.6 is 11.6 Å². The molecule has 0 spiro atoms. The number of halogens is 1. The molecule has 15 heavy (non-hydrogen) atoms. The van der Waals surface area contributed by atoms with Crippen molar-refractivity contribution < 1.29 is 5.11 Å². The van der Waals surface area contributed by atoms with Crippen LogP contribution in [0.15, 0.2) is 24.8 Å². The van der Waals surface area contributed by atoms with E-state index in [1.54, 1.807) is 6.07 Å². The van der Waals surface area contributed by atoms with Crippen LogP contribution in [0.1, 0.15) is 30.6 Å². The number of nitrogens with two attached hydrogens (primary N) is 1. The summed E-state index contributed by atoms with van der Waals surface area (Å²) in [7, 11) is 0. The summed E-state index contributed by atoms with van der Waals surface area (Å²) >= 11 is 5.95. The average Bonchev–Trinajstić information content (AvgIpc) is 2.17. The molecule has 1 aromatic rings. The van der Waals surface area contributed by atoms with Crippen LogP contribution in [0.2, 0.25) is 5.02 Å². The monoisotopic (exact) mass is 225 g/mol. The van der Waals surface area contributed by atoms with Crippen molar-refractivity contribution in [3.05, 3.63) is 40.9 Å². The van der Waals surface area contributed by atoms with E-state index in [4.69, 9.17) is 17.3 Å². The molecule has 0 saturated heterocycles. The lowest BCUT2D eigenvalue weighted by Crippen LogP contribution is -2.06. The Morgan fingerprint density at radius 1 is 1.53 bits per heavy atom. The van der Waals surface area contributed by atoms with Crippen molar-refractivity contribution in [1.29, 1.82) is 0 Å². The van der Waals surface area contributed by atoms with Gasteiger partial charge in [-0.3, -0.25) is 0 Å². The van der Waals surface area contributed by atoms with Gasteiger partial charge in [-0.2, -0.15) is 0 Å². The number of aliphatic hydroxyl groups is 1. The van der Waals surface area contributed by atoms with Gasteiger partial charge in [-0.15, -0.1) is 0 Å². The van der Waals surface area contributed by atoms with Gasteiger partial charge in [0.1, 0.15) is 0 Å². The summed E-state index contributed by atoms with van der Waals surface area (Å²) in [6, 6.07) is 5.49. The van der Waals surface area contributed by atoms with Crippen molar-refractivity contribution in [2.24, 2.45) is 5.73 Å². The van der Waals surface area contributed by atoms with Gasteiger partial charge in [0.25, 0.3) is 0 Å². The summed E-state index contributed by atoms with van der Waals surface area (Å²) in [5.74, 6) is 0. The first-order chi connectivity index (χ1) is 7.04. The molecule has 3 heteroatoms. The van der Waals surface area contributed by atoms with Crippen molar-refractivity contribution in [3.8, 4) is 0 Å². The summed E-state index contributed by atoms with van der Waals surface area (Å²) in [4.78, 5) is 0. The van der Waals surface area contributed by atoms with Gasteiger partial charge >= 0.3 is 0 Å². The van der Waals surface area contributed by atoms with E-state index in [1.165, 1.54) is 0 Å². The van der Waals surface area contributed by atoms with E-state index in [0.717, 1.165) is 16.7 Å². The van der Waals surface area contributed by atoms with Gasteiger partial charge < -0.3 is 10.8 Å². The number of benzene rings is 1. The van der Waals surface area contributed by atoms with Crippen molar-refractivity contribution in [3.63, 3.8) is 0 Å².